The zero-order valence-corrected chi connectivity index (χ0v) is 12.4. The summed E-state index contributed by atoms with van der Waals surface area (Å²) in [6.07, 6.45) is 4.44. The number of carbonyl (C=O) groups is 1. The summed E-state index contributed by atoms with van der Waals surface area (Å²) in [6, 6.07) is 10.1. The molecule has 0 radical (unpaired) electrons. The molecule has 4 heteroatoms. The zero-order valence-electron chi connectivity index (χ0n) is 10.8. The van der Waals surface area contributed by atoms with Gasteiger partial charge in [0.05, 0.1) is 6.07 Å². The number of hydrogen-bond acceptors (Lipinski definition) is 2. The Hall–Kier alpha value is -1.34. The Morgan fingerprint density at radius 2 is 2.11 bits per heavy atom. The van der Waals surface area contributed by atoms with E-state index in [4.69, 9.17) is 0 Å². The summed E-state index contributed by atoms with van der Waals surface area (Å²) < 4.78 is 0.993. The first kappa shape index (κ1) is 14.1. The number of benzene rings is 1. The van der Waals surface area contributed by atoms with E-state index in [2.05, 4.69) is 27.3 Å². The number of halogens is 1. The number of rotatable bonds is 3. The second kappa shape index (κ2) is 6.21. The maximum atomic E-state index is 12.3. The Morgan fingerprint density at radius 1 is 1.37 bits per heavy atom. The molecule has 0 unspecified atom stereocenters. The second-order valence-corrected chi connectivity index (χ2v) is 5.98. The molecular formula is C15H17BrN2O. The van der Waals surface area contributed by atoms with Crippen LogP contribution in [0.3, 0.4) is 0 Å². The Balaban J connectivity index is 1.99. The summed E-state index contributed by atoms with van der Waals surface area (Å²) in [7, 11) is 0. The fourth-order valence-electron chi connectivity index (χ4n) is 2.54. The molecular weight excluding hydrogens is 304 g/mol. The molecule has 1 fully saturated rings. The van der Waals surface area contributed by atoms with Gasteiger partial charge in [0.15, 0.2) is 0 Å². The van der Waals surface area contributed by atoms with Crippen molar-refractivity contribution in [3.8, 4) is 6.07 Å². The van der Waals surface area contributed by atoms with E-state index in [9.17, 15) is 10.1 Å². The normalized spacial score (nSPS) is 17.5. The predicted octanol–water partition coefficient (Wildman–Crippen LogP) is 3.54. The molecule has 19 heavy (non-hydrogen) atoms. The smallest absolute Gasteiger partial charge is 0.240 e. The fraction of sp³-hybridized carbons (Fsp3) is 0.467. The summed E-state index contributed by atoms with van der Waals surface area (Å²) in [6.45, 7) is 0.474. The standard InChI is InChI=1S/C15H17BrN2O/c16-13-6-4-5-12(9-13)10-18-14(19)15(11-17)7-2-1-3-8-15/h4-6,9H,1-3,7-8,10H2,(H,18,19). The number of nitrogens with zero attached hydrogens (tertiary/aromatic N) is 1. The molecule has 0 atom stereocenters. The molecule has 2 rings (SSSR count). The summed E-state index contributed by atoms with van der Waals surface area (Å²) in [5, 5.41) is 12.2. The van der Waals surface area contributed by atoms with Gasteiger partial charge in [-0.3, -0.25) is 4.79 Å². The predicted molar refractivity (Wildman–Crippen MR) is 77.1 cm³/mol. The largest absolute Gasteiger partial charge is 0.351 e. The number of nitrogens with one attached hydrogen (secondary N) is 1. The zero-order chi connectivity index (χ0) is 13.7. The molecule has 1 N–H and O–H groups in total. The molecule has 1 amide bonds. The molecule has 1 saturated carbocycles. The number of carbonyl (C=O) groups excluding carboxylic acids is 1. The molecule has 3 nitrogen and oxygen atoms in total. The molecule has 0 spiro atoms. The van der Waals surface area contributed by atoms with Gasteiger partial charge in [-0.1, -0.05) is 47.3 Å². The van der Waals surface area contributed by atoms with Gasteiger partial charge in [0, 0.05) is 11.0 Å². The van der Waals surface area contributed by atoms with Crippen molar-refractivity contribution in [2.24, 2.45) is 5.41 Å². The lowest BCUT2D eigenvalue weighted by molar-refractivity contribution is -0.129. The van der Waals surface area contributed by atoms with Crippen LogP contribution in [0.4, 0.5) is 0 Å². The first-order chi connectivity index (χ1) is 9.16. The van der Waals surface area contributed by atoms with Crippen LogP contribution >= 0.6 is 15.9 Å². The Kier molecular flexibility index (Phi) is 4.60. The molecule has 0 heterocycles. The molecule has 0 aliphatic heterocycles. The van der Waals surface area contributed by atoms with Crippen LogP contribution in [0.15, 0.2) is 28.7 Å². The third-order valence-corrected chi connectivity index (χ3v) is 4.19. The van der Waals surface area contributed by atoms with Gasteiger partial charge in [0.2, 0.25) is 5.91 Å². The first-order valence-corrected chi connectivity index (χ1v) is 7.40. The van der Waals surface area contributed by atoms with Crippen LogP contribution in [-0.2, 0) is 11.3 Å². The maximum Gasteiger partial charge on any atom is 0.240 e. The summed E-state index contributed by atoms with van der Waals surface area (Å²) in [4.78, 5) is 12.3. The minimum atomic E-state index is -0.801. The van der Waals surface area contributed by atoms with Crippen LogP contribution in [0.1, 0.15) is 37.7 Å². The van der Waals surface area contributed by atoms with Gasteiger partial charge in [0.1, 0.15) is 5.41 Å². The molecule has 1 aromatic carbocycles. The van der Waals surface area contributed by atoms with Gasteiger partial charge in [0.25, 0.3) is 0 Å². The molecule has 1 aliphatic rings. The summed E-state index contributed by atoms with van der Waals surface area (Å²) in [5.41, 5.74) is 0.233. The van der Waals surface area contributed by atoms with Gasteiger partial charge < -0.3 is 5.32 Å². The molecule has 0 aromatic heterocycles. The van der Waals surface area contributed by atoms with E-state index in [-0.39, 0.29) is 5.91 Å². The SMILES string of the molecule is N#CC1(C(=O)NCc2cccc(Br)c2)CCCCC1. The fourth-order valence-corrected chi connectivity index (χ4v) is 2.99. The van der Waals surface area contributed by atoms with Crippen molar-refractivity contribution in [1.82, 2.24) is 5.32 Å². The lowest BCUT2D eigenvalue weighted by Crippen LogP contribution is -2.41. The highest BCUT2D eigenvalue weighted by molar-refractivity contribution is 9.10. The number of amides is 1. The van der Waals surface area contributed by atoms with E-state index in [1.165, 1.54) is 0 Å². The van der Waals surface area contributed by atoms with Crippen LogP contribution in [0.5, 0.6) is 0 Å². The highest BCUT2D eigenvalue weighted by atomic mass is 79.9. The van der Waals surface area contributed by atoms with E-state index in [0.29, 0.717) is 19.4 Å². The minimum absolute atomic E-state index is 0.116. The monoisotopic (exact) mass is 320 g/mol. The summed E-state index contributed by atoms with van der Waals surface area (Å²) in [5.74, 6) is -0.116. The second-order valence-electron chi connectivity index (χ2n) is 5.07. The number of hydrogen-bond donors (Lipinski definition) is 1. The molecule has 0 saturated heterocycles. The number of nitriles is 1. The molecule has 1 aromatic rings. The van der Waals surface area contributed by atoms with E-state index in [1.54, 1.807) is 0 Å². The van der Waals surface area contributed by atoms with Crippen LogP contribution in [0.25, 0.3) is 0 Å². The van der Waals surface area contributed by atoms with E-state index in [1.807, 2.05) is 24.3 Å². The Morgan fingerprint density at radius 3 is 2.74 bits per heavy atom. The Bertz CT molecular complexity index is 501. The maximum absolute atomic E-state index is 12.3. The van der Waals surface area contributed by atoms with Crippen molar-refractivity contribution in [3.05, 3.63) is 34.3 Å². The topological polar surface area (TPSA) is 52.9 Å². The third kappa shape index (κ3) is 3.36. The van der Waals surface area contributed by atoms with Gasteiger partial charge in [-0.25, -0.2) is 0 Å². The van der Waals surface area contributed by atoms with Crippen molar-refractivity contribution >= 4 is 21.8 Å². The van der Waals surface area contributed by atoms with E-state index >= 15 is 0 Å². The Labute approximate surface area is 122 Å². The first-order valence-electron chi connectivity index (χ1n) is 6.60. The van der Waals surface area contributed by atoms with Gasteiger partial charge in [-0.05, 0) is 30.5 Å². The van der Waals surface area contributed by atoms with Gasteiger partial charge >= 0.3 is 0 Å². The molecule has 0 bridgehead atoms. The van der Waals surface area contributed by atoms with Crippen molar-refractivity contribution in [2.75, 3.05) is 0 Å². The van der Waals surface area contributed by atoms with Crippen LogP contribution in [-0.4, -0.2) is 5.91 Å². The van der Waals surface area contributed by atoms with Crippen molar-refractivity contribution in [2.45, 2.75) is 38.6 Å². The van der Waals surface area contributed by atoms with Crippen LogP contribution in [0.2, 0.25) is 0 Å². The van der Waals surface area contributed by atoms with Crippen LogP contribution in [0, 0.1) is 16.7 Å². The molecule has 100 valence electrons. The average Bonchev–Trinajstić information content (AvgIpc) is 2.45. The van der Waals surface area contributed by atoms with Crippen molar-refractivity contribution in [3.63, 3.8) is 0 Å². The van der Waals surface area contributed by atoms with Crippen LogP contribution < -0.4 is 5.32 Å². The lowest BCUT2D eigenvalue weighted by atomic mass is 9.74. The van der Waals surface area contributed by atoms with E-state index < -0.39 is 5.41 Å². The van der Waals surface area contributed by atoms with Gasteiger partial charge in [-0.15, -0.1) is 0 Å². The highest BCUT2D eigenvalue weighted by Gasteiger charge is 2.39. The summed E-state index contributed by atoms with van der Waals surface area (Å²) >= 11 is 3.40. The lowest BCUT2D eigenvalue weighted by Gasteiger charge is -2.29. The minimum Gasteiger partial charge on any atom is -0.351 e. The van der Waals surface area contributed by atoms with Gasteiger partial charge in [-0.2, -0.15) is 5.26 Å². The van der Waals surface area contributed by atoms with Crippen molar-refractivity contribution in [1.29, 1.82) is 5.26 Å². The van der Waals surface area contributed by atoms with E-state index in [0.717, 1.165) is 29.3 Å². The molecule has 1 aliphatic carbocycles. The average molecular weight is 321 g/mol. The third-order valence-electron chi connectivity index (χ3n) is 3.70. The van der Waals surface area contributed by atoms with Crippen molar-refractivity contribution < 1.29 is 4.79 Å². The quantitative estimate of drug-likeness (QED) is 0.926. The highest BCUT2D eigenvalue weighted by Crippen LogP contribution is 2.35.